The lowest BCUT2D eigenvalue weighted by Crippen LogP contribution is -2.61. The summed E-state index contributed by atoms with van der Waals surface area (Å²) in [4.78, 5) is 7.25. The highest BCUT2D eigenvalue weighted by molar-refractivity contribution is 7.09. The number of rotatable bonds is 5. The van der Waals surface area contributed by atoms with Crippen LogP contribution in [-0.4, -0.2) is 35.1 Å². The summed E-state index contributed by atoms with van der Waals surface area (Å²) in [6, 6.07) is 1.22. The number of nitrogens with one attached hydrogen (secondary N) is 1. The Balaban J connectivity index is 2.16. The normalized spacial score (nSPS) is 25.3. The van der Waals surface area contributed by atoms with Gasteiger partial charge in [-0.3, -0.25) is 4.90 Å². The lowest BCUT2D eigenvalue weighted by atomic mass is 9.93. The second-order valence-corrected chi connectivity index (χ2v) is 7.74. The molecule has 3 nitrogen and oxygen atoms in total. The molecular weight excluding hydrogens is 266 g/mol. The molecule has 114 valence electrons. The zero-order valence-corrected chi connectivity index (χ0v) is 14.3. The second-order valence-electron chi connectivity index (χ2n) is 6.85. The Hall–Kier alpha value is -0.450. The third kappa shape index (κ3) is 3.41. The van der Waals surface area contributed by atoms with Crippen molar-refractivity contribution in [3.63, 3.8) is 0 Å². The van der Waals surface area contributed by atoms with E-state index in [4.69, 9.17) is 0 Å². The number of hydrogen-bond acceptors (Lipinski definition) is 4. The van der Waals surface area contributed by atoms with Crippen LogP contribution in [0.15, 0.2) is 11.6 Å². The van der Waals surface area contributed by atoms with E-state index < -0.39 is 0 Å². The monoisotopic (exact) mass is 295 g/mol. The van der Waals surface area contributed by atoms with E-state index in [0.29, 0.717) is 12.1 Å². The van der Waals surface area contributed by atoms with Gasteiger partial charge in [-0.15, -0.1) is 11.3 Å². The van der Waals surface area contributed by atoms with E-state index in [2.05, 4.69) is 55.2 Å². The molecule has 1 N–H and O–H groups in total. The van der Waals surface area contributed by atoms with Crippen molar-refractivity contribution >= 4 is 11.3 Å². The van der Waals surface area contributed by atoms with Crippen LogP contribution >= 0.6 is 11.3 Å². The van der Waals surface area contributed by atoms with E-state index in [0.717, 1.165) is 19.0 Å². The smallest absolute Gasteiger partial charge is 0.112 e. The van der Waals surface area contributed by atoms with E-state index in [1.807, 2.05) is 6.20 Å². The first-order chi connectivity index (χ1) is 9.45. The number of thiazole rings is 1. The molecule has 0 amide bonds. The lowest BCUT2D eigenvalue weighted by molar-refractivity contribution is 0.0225. The topological polar surface area (TPSA) is 28.2 Å². The van der Waals surface area contributed by atoms with Gasteiger partial charge in [0.2, 0.25) is 0 Å². The van der Waals surface area contributed by atoms with Gasteiger partial charge in [-0.1, -0.05) is 20.8 Å². The van der Waals surface area contributed by atoms with Crippen molar-refractivity contribution in [2.75, 3.05) is 13.1 Å². The molecule has 0 spiro atoms. The van der Waals surface area contributed by atoms with Crippen molar-refractivity contribution < 1.29 is 0 Å². The van der Waals surface area contributed by atoms with Gasteiger partial charge in [0.1, 0.15) is 5.01 Å². The molecule has 0 saturated carbocycles. The number of nitrogens with zero attached hydrogens (tertiary/aromatic N) is 2. The van der Waals surface area contributed by atoms with Crippen molar-refractivity contribution in [3.8, 4) is 0 Å². The Morgan fingerprint density at radius 2 is 2.25 bits per heavy atom. The van der Waals surface area contributed by atoms with Crippen LogP contribution in [-0.2, 0) is 5.54 Å². The molecule has 0 aromatic carbocycles. The third-order valence-corrected chi connectivity index (χ3v) is 5.49. The van der Waals surface area contributed by atoms with Gasteiger partial charge >= 0.3 is 0 Å². The average molecular weight is 295 g/mol. The zero-order chi connectivity index (χ0) is 14.8. The van der Waals surface area contributed by atoms with Crippen LogP contribution in [0.2, 0.25) is 0 Å². The summed E-state index contributed by atoms with van der Waals surface area (Å²) in [7, 11) is 0. The van der Waals surface area contributed by atoms with Crippen molar-refractivity contribution in [2.45, 2.75) is 65.1 Å². The predicted molar refractivity (Wildman–Crippen MR) is 87.2 cm³/mol. The van der Waals surface area contributed by atoms with E-state index in [1.54, 1.807) is 11.3 Å². The zero-order valence-electron chi connectivity index (χ0n) is 13.5. The Bertz CT molecular complexity index is 400. The fraction of sp³-hybridized carbons (Fsp3) is 0.812. The van der Waals surface area contributed by atoms with Crippen LogP contribution in [0.5, 0.6) is 0 Å². The maximum Gasteiger partial charge on any atom is 0.112 e. The maximum atomic E-state index is 4.57. The van der Waals surface area contributed by atoms with Gasteiger partial charge < -0.3 is 5.32 Å². The maximum absolute atomic E-state index is 4.57. The molecule has 0 aliphatic carbocycles. The van der Waals surface area contributed by atoms with Crippen LogP contribution in [0.3, 0.4) is 0 Å². The molecule has 1 fully saturated rings. The summed E-state index contributed by atoms with van der Waals surface area (Å²) in [5.74, 6) is 0.746. The van der Waals surface area contributed by atoms with Crippen molar-refractivity contribution in [1.82, 2.24) is 15.2 Å². The molecule has 2 unspecified atom stereocenters. The highest BCUT2D eigenvalue weighted by Gasteiger charge is 2.39. The van der Waals surface area contributed by atoms with E-state index in [-0.39, 0.29) is 5.54 Å². The minimum Gasteiger partial charge on any atom is -0.311 e. The Labute approximate surface area is 127 Å². The molecule has 1 aliphatic heterocycles. The first-order valence-corrected chi connectivity index (χ1v) is 8.73. The molecule has 2 heterocycles. The van der Waals surface area contributed by atoms with Crippen LogP contribution in [0.25, 0.3) is 0 Å². The van der Waals surface area contributed by atoms with E-state index >= 15 is 0 Å². The first kappa shape index (κ1) is 15.9. The summed E-state index contributed by atoms with van der Waals surface area (Å²) in [6.07, 6.45) is 4.37. The molecule has 2 atom stereocenters. The fourth-order valence-corrected chi connectivity index (χ4v) is 4.07. The molecule has 2 rings (SSSR count). The lowest BCUT2D eigenvalue weighted by Gasteiger charge is -2.48. The SMILES string of the molecule is CCC1CNC(CC(C)C)CN1C(C)(C)c1nccs1. The number of aromatic nitrogens is 1. The van der Waals surface area contributed by atoms with Crippen molar-refractivity contribution in [2.24, 2.45) is 5.92 Å². The average Bonchev–Trinajstić information content (AvgIpc) is 2.92. The molecule has 1 aliphatic rings. The Morgan fingerprint density at radius 1 is 1.50 bits per heavy atom. The van der Waals surface area contributed by atoms with Crippen molar-refractivity contribution in [3.05, 3.63) is 16.6 Å². The van der Waals surface area contributed by atoms with Gasteiger partial charge in [-0.25, -0.2) is 4.98 Å². The summed E-state index contributed by atoms with van der Waals surface area (Å²) in [6.45, 7) is 13.8. The van der Waals surface area contributed by atoms with Crippen LogP contribution in [0, 0.1) is 5.92 Å². The van der Waals surface area contributed by atoms with Gasteiger partial charge in [-0.05, 0) is 32.6 Å². The van der Waals surface area contributed by atoms with Crippen molar-refractivity contribution in [1.29, 1.82) is 0 Å². The van der Waals surface area contributed by atoms with Crippen LogP contribution < -0.4 is 5.32 Å². The summed E-state index contributed by atoms with van der Waals surface area (Å²) < 4.78 is 0. The highest BCUT2D eigenvalue weighted by Crippen LogP contribution is 2.33. The van der Waals surface area contributed by atoms with Crippen LogP contribution in [0.1, 0.15) is 52.5 Å². The van der Waals surface area contributed by atoms with Gasteiger partial charge in [0.05, 0.1) is 5.54 Å². The summed E-state index contributed by atoms with van der Waals surface area (Å²) in [5.41, 5.74) is 0.0339. The molecule has 1 aromatic heterocycles. The van der Waals surface area contributed by atoms with E-state index in [9.17, 15) is 0 Å². The largest absolute Gasteiger partial charge is 0.311 e. The molecule has 20 heavy (non-hydrogen) atoms. The Kier molecular flexibility index (Phi) is 5.21. The molecule has 0 radical (unpaired) electrons. The Morgan fingerprint density at radius 3 is 2.80 bits per heavy atom. The molecule has 1 saturated heterocycles. The molecule has 1 aromatic rings. The van der Waals surface area contributed by atoms with Crippen LogP contribution in [0.4, 0.5) is 0 Å². The van der Waals surface area contributed by atoms with Gasteiger partial charge in [0.15, 0.2) is 0 Å². The first-order valence-electron chi connectivity index (χ1n) is 7.85. The second kappa shape index (κ2) is 6.54. The fourth-order valence-electron chi connectivity index (χ4n) is 3.29. The predicted octanol–water partition coefficient (Wildman–Crippen LogP) is 3.48. The summed E-state index contributed by atoms with van der Waals surface area (Å²) >= 11 is 1.78. The van der Waals surface area contributed by atoms with Gasteiger partial charge in [0.25, 0.3) is 0 Å². The standard InChI is InChI=1S/C16H29N3S/c1-6-14-10-18-13(9-12(2)3)11-19(14)16(4,5)15-17-7-8-20-15/h7-8,12-14,18H,6,9-11H2,1-5H3. The third-order valence-electron chi connectivity index (χ3n) is 4.40. The van der Waals surface area contributed by atoms with E-state index in [1.165, 1.54) is 17.8 Å². The number of hydrogen-bond donors (Lipinski definition) is 1. The molecule has 0 bridgehead atoms. The molecular formula is C16H29N3S. The number of piperazine rings is 1. The summed E-state index contributed by atoms with van der Waals surface area (Å²) in [5, 5.41) is 7.07. The quantitative estimate of drug-likeness (QED) is 0.901. The van der Waals surface area contributed by atoms with Gasteiger partial charge in [-0.2, -0.15) is 0 Å². The minimum atomic E-state index is 0.0339. The minimum absolute atomic E-state index is 0.0339. The molecule has 4 heteroatoms. The highest BCUT2D eigenvalue weighted by atomic mass is 32.1. The van der Waals surface area contributed by atoms with Gasteiger partial charge in [0, 0.05) is 36.8 Å².